The summed E-state index contributed by atoms with van der Waals surface area (Å²) in [5.74, 6) is 0.718. The van der Waals surface area contributed by atoms with E-state index in [1.54, 1.807) is 11.3 Å². The summed E-state index contributed by atoms with van der Waals surface area (Å²) in [7, 11) is 0. The standard InChI is InChI=1S/C23H25NOS/c1-23(2,3)16-11-12-18-19(14-26-21(18)13-16)22(25)24-20-10-6-8-15-7-4-5-9-17(15)20/h4-10,14,16H,11-13H2,1-3H3,(H,24,25). The van der Waals surface area contributed by atoms with Crippen LogP contribution in [0, 0.1) is 11.3 Å². The zero-order valence-corrected chi connectivity index (χ0v) is 16.5. The highest BCUT2D eigenvalue weighted by atomic mass is 32.1. The molecular weight excluding hydrogens is 338 g/mol. The SMILES string of the molecule is CC(C)(C)C1CCc2c(C(=O)Nc3cccc4ccccc34)csc2C1. The van der Waals surface area contributed by atoms with E-state index in [9.17, 15) is 4.79 Å². The molecule has 1 atom stereocenters. The van der Waals surface area contributed by atoms with Crippen LogP contribution in [0.15, 0.2) is 47.8 Å². The van der Waals surface area contributed by atoms with Crippen molar-refractivity contribution in [2.45, 2.75) is 40.0 Å². The van der Waals surface area contributed by atoms with Gasteiger partial charge in [-0.2, -0.15) is 0 Å². The van der Waals surface area contributed by atoms with Crippen LogP contribution < -0.4 is 5.32 Å². The van der Waals surface area contributed by atoms with Gasteiger partial charge in [0.05, 0.1) is 5.56 Å². The summed E-state index contributed by atoms with van der Waals surface area (Å²) in [6.07, 6.45) is 3.28. The molecule has 1 heterocycles. The maximum absolute atomic E-state index is 13.0. The Hall–Kier alpha value is -2.13. The van der Waals surface area contributed by atoms with Gasteiger partial charge in [-0.1, -0.05) is 57.2 Å². The van der Waals surface area contributed by atoms with Crippen LogP contribution in [0.25, 0.3) is 10.8 Å². The van der Waals surface area contributed by atoms with Crippen molar-refractivity contribution in [2.75, 3.05) is 5.32 Å². The molecule has 1 unspecified atom stereocenters. The maximum atomic E-state index is 13.0. The van der Waals surface area contributed by atoms with Gasteiger partial charge in [0.15, 0.2) is 0 Å². The molecular formula is C23H25NOS. The highest BCUT2D eigenvalue weighted by molar-refractivity contribution is 7.10. The third kappa shape index (κ3) is 3.16. The van der Waals surface area contributed by atoms with Crippen LogP contribution >= 0.6 is 11.3 Å². The number of nitrogens with one attached hydrogen (secondary N) is 1. The molecule has 2 aromatic carbocycles. The number of carbonyl (C=O) groups excluding carboxylic acids is 1. The lowest BCUT2D eigenvalue weighted by molar-refractivity contribution is 0.102. The van der Waals surface area contributed by atoms with Crippen LogP contribution in [-0.4, -0.2) is 5.91 Å². The van der Waals surface area contributed by atoms with Gasteiger partial charge in [-0.05, 0) is 47.6 Å². The first-order valence-corrected chi connectivity index (χ1v) is 10.2. The van der Waals surface area contributed by atoms with Crippen LogP contribution in [-0.2, 0) is 12.8 Å². The number of hydrogen-bond acceptors (Lipinski definition) is 2. The van der Waals surface area contributed by atoms with E-state index in [4.69, 9.17) is 0 Å². The molecule has 0 fully saturated rings. The van der Waals surface area contributed by atoms with Gasteiger partial charge in [-0.3, -0.25) is 4.79 Å². The molecule has 0 bridgehead atoms. The molecule has 0 saturated carbocycles. The van der Waals surface area contributed by atoms with E-state index in [-0.39, 0.29) is 5.91 Å². The van der Waals surface area contributed by atoms with E-state index < -0.39 is 0 Å². The van der Waals surface area contributed by atoms with Gasteiger partial charge in [0.25, 0.3) is 5.91 Å². The van der Waals surface area contributed by atoms with Crippen molar-refractivity contribution in [1.29, 1.82) is 0 Å². The number of amides is 1. The Morgan fingerprint density at radius 3 is 2.69 bits per heavy atom. The van der Waals surface area contributed by atoms with Crippen molar-refractivity contribution in [2.24, 2.45) is 11.3 Å². The average molecular weight is 364 g/mol. The quantitative estimate of drug-likeness (QED) is 0.568. The molecule has 0 saturated heterocycles. The second-order valence-electron chi connectivity index (χ2n) is 8.34. The molecule has 1 N–H and O–H groups in total. The molecule has 0 radical (unpaired) electrons. The molecule has 0 aliphatic heterocycles. The number of rotatable bonds is 2. The summed E-state index contributed by atoms with van der Waals surface area (Å²) < 4.78 is 0. The van der Waals surface area contributed by atoms with E-state index in [1.165, 1.54) is 16.9 Å². The summed E-state index contributed by atoms with van der Waals surface area (Å²) in [5, 5.41) is 7.43. The number of benzene rings is 2. The summed E-state index contributed by atoms with van der Waals surface area (Å²) in [5.41, 5.74) is 3.35. The summed E-state index contributed by atoms with van der Waals surface area (Å²) in [4.78, 5) is 14.4. The Balaban J connectivity index is 1.60. The highest BCUT2D eigenvalue weighted by Gasteiger charge is 2.31. The first-order chi connectivity index (χ1) is 12.4. The van der Waals surface area contributed by atoms with Gasteiger partial charge in [-0.15, -0.1) is 11.3 Å². The van der Waals surface area contributed by atoms with Gasteiger partial charge in [-0.25, -0.2) is 0 Å². The fraction of sp³-hybridized carbons (Fsp3) is 0.348. The lowest BCUT2D eigenvalue weighted by atomic mass is 9.72. The van der Waals surface area contributed by atoms with Gasteiger partial charge < -0.3 is 5.32 Å². The largest absolute Gasteiger partial charge is 0.321 e. The third-order valence-corrected chi connectivity index (χ3v) is 6.71. The van der Waals surface area contributed by atoms with Crippen molar-refractivity contribution in [3.8, 4) is 0 Å². The molecule has 1 amide bonds. The fourth-order valence-electron chi connectivity index (χ4n) is 3.97. The predicted molar refractivity (Wildman–Crippen MR) is 111 cm³/mol. The van der Waals surface area contributed by atoms with Crippen molar-refractivity contribution >= 4 is 33.7 Å². The summed E-state index contributed by atoms with van der Waals surface area (Å²) in [6.45, 7) is 6.97. The van der Waals surface area contributed by atoms with E-state index in [0.717, 1.165) is 34.9 Å². The van der Waals surface area contributed by atoms with Crippen LogP contribution in [0.1, 0.15) is 48.0 Å². The van der Waals surface area contributed by atoms with E-state index in [0.29, 0.717) is 11.3 Å². The Morgan fingerprint density at radius 1 is 1.12 bits per heavy atom. The molecule has 1 aliphatic carbocycles. The minimum Gasteiger partial charge on any atom is -0.321 e. The van der Waals surface area contributed by atoms with Crippen molar-refractivity contribution in [3.05, 3.63) is 63.8 Å². The average Bonchev–Trinajstić information content (AvgIpc) is 3.04. The van der Waals surface area contributed by atoms with E-state index in [2.05, 4.69) is 49.7 Å². The van der Waals surface area contributed by atoms with Crippen molar-refractivity contribution in [1.82, 2.24) is 0 Å². The number of thiophene rings is 1. The molecule has 0 spiro atoms. The molecule has 26 heavy (non-hydrogen) atoms. The van der Waals surface area contributed by atoms with E-state index in [1.807, 2.05) is 24.3 Å². The zero-order valence-electron chi connectivity index (χ0n) is 15.6. The van der Waals surface area contributed by atoms with Crippen LogP contribution in [0.5, 0.6) is 0 Å². The first-order valence-electron chi connectivity index (χ1n) is 9.32. The molecule has 1 aromatic heterocycles. The lowest BCUT2D eigenvalue weighted by Gasteiger charge is -2.34. The van der Waals surface area contributed by atoms with Crippen LogP contribution in [0.2, 0.25) is 0 Å². The minimum absolute atomic E-state index is 0.0214. The molecule has 4 rings (SSSR count). The van der Waals surface area contributed by atoms with Gasteiger partial charge in [0.2, 0.25) is 0 Å². The molecule has 3 aromatic rings. The molecule has 3 heteroatoms. The summed E-state index contributed by atoms with van der Waals surface area (Å²) in [6, 6.07) is 14.2. The Labute approximate surface area is 159 Å². The molecule has 134 valence electrons. The molecule has 1 aliphatic rings. The van der Waals surface area contributed by atoms with E-state index >= 15 is 0 Å². The zero-order chi connectivity index (χ0) is 18.3. The smallest absolute Gasteiger partial charge is 0.256 e. The highest BCUT2D eigenvalue weighted by Crippen LogP contribution is 2.40. The monoisotopic (exact) mass is 363 g/mol. The Kier molecular flexibility index (Phi) is 4.36. The van der Waals surface area contributed by atoms with Gasteiger partial charge in [0, 0.05) is 21.3 Å². The topological polar surface area (TPSA) is 29.1 Å². The number of fused-ring (bicyclic) bond motifs is 2. The lowest BCUT2D eigenvalue weighted by Crippen LogP contribution is -2.27. The maximum Gasteiger partial charge on any atom is 0.256 e. The third-order valence-electron chi connectivity index (χ3n) is 5.66. The molecule has 2 nitrogen and oxygen atoms in total. The van der Waals surface area contributed by atoms with Crippen molar-refractivity contribution < 1.29 is 4.79 Å². The first kappa shape index (κ1) is 17.3. The fourth-order valence-corrected chi connectivity index (χ4v) is 5.13. The second-order valence-corrected chi connectivity index (χ2v) is 9.30. The summed E-state index contributed by atoms with van der Waals surface area (Å²) >= 11 is 1.75. The number of carbonyl (C=O) groups is 1. The van der Waals surface area contributed by atoms with Crippen LogP contribution in [0.4, 0.5) is 5.69 Å². The minimum atomic E-state index is 0.0214. The predicted octanol–water partition coefficient (Wildman–Crippen LogP) is 6.30. The normalized spacial score (nSPS) is 17.1. The van der Waals surface area contributed by atoms with Gasteiger partial charge in [0.1, 0.15) is 0 Å². The second kappa shape index (κ2) is 6.55. The number of anilines is 1. The van der Waals surface area contributed by atoms with Gasteiger partial charge >= 0.3 is 0 Å². The Bertz CT molecular complexity index is 958. The number of hydrogen-bond donors (Lipinski definition) is 1. The van der Waals surface area contributed by atoms with Crippen molar-refractivity contribution in [3.63, 3.8) is 0 Å². The van der Waals surface area contributed by atoms with Crippen LogP contribution in [0.3, 0.4) is 0 Å². The Morgan fingerprint density at radius 2 is 1.88 bits per heavy atom.